The smallest absolute Gasteiger partial charge is 0.301 e. The van der Waals surface area contributed by atoms with Gasteiger partial charge in [0.15, 0.2) is 4.34 Å². The van der Waals surface area contributed by atoms with Crippen LogP contribution in [0.5, 0.6) is 5.75 Å². The minimum absolute atomic E-state index is 0.000328. The first-order valence-electron chi connectivity index (χ1n) is 8.93. The lowest BCUT2D eigenvalue weighted by molar-refractivity contribution is -0.132. The molecular weight excluding hydrogens is 422 g/mol. The summed E-state index contributed by atoms with van der Waals surface area (Å²) in [6.45, 7) is 0. The highest BCUT2D eigenvalue weighted by atomic mass is 32.2. The lowest BCUT2D eigenvalue weighted by Crippen LogP contribution is -2.29. The van der Waals surface area contributed by atoms with Crippen LogP contribution in [-0.4, -0.2) is 40.4 Å². The van der Waals surface area contributed by atoms with Gasteiger partial charge >= 0.3 is 5.91 Å². The molecule has 152 valence electrons. The lowest BCUT2D eigenvalue weighted by Gasteiger charge is -2.22. The Labute approximate surface area is 181 Å². The normalized spacial score (nSPS) is 18.1. The third-order valence-electron chi connectivity index (χ3n) is 4.68. The number of carbonyl (C=O) groups excluding carboxylic acids is 2. The van der Waals surface area contributed by atoms with Crippen LogP contribution >= 0.6 is 23.1 Å². The van der Waals surface area contributed by atoms with Crippen LogP contribution in [0.25, 0.3) is 5.76 Å². The summed E-state index contributed by atoms with van der Waals surface area (Å²) < 4.78 is 5.98. The van der Waals surface area contributed by atoms with Crippen molar-refractivity contribution in [3.63, 3.8) is 0 Å². The molecule has 30 heavy (non-hydrogen) atoms. The molecule has 2 heterocycles. The predicted molar refractivity (Wildman–Crippen MR) is 116 cm³/mol. The van der Waals surface area contributed by atoms with Crippen molar-refractivity contribution in [2.45, 2.75) is 10.4 Å². The summed E-state index contributed by atoms with van der Waals surface area (Å²) in [6.07, 6.45) is 1.85. The number of thioether (sulfide) groups is 1. The molecule has 3 aromatic rings. The van der Waals surface area contributed by atoms with Gasteiger partial charge in [-0.25, -0.2) is 0 Å². The fourth-order valence-electron chi connectivity index (χ4n) is 3.29. The van der Waals surface area contributed by atoms with Crippen molar-refractivity contribution in [3.8, 4) is 5.75 Å². The minimum Gasteiger partial charge on any atom is -0.507 e. The second-order valence-corrected chi connectivity index (χ2v) is 8.38. The number of Topliss-reactive ketones (excluding diaryl/α,β-unsaturated/α-hetero) is 1. The van der Waals surface area contributed by atoms with E-state index >= 15 is 0 Å². The average Bonchev–Trinajstić information content (AvgIpc) is 3.36. The fourth-order valence-corrected chi connectivity index (χ4v) is 4.58. The van der Waals surface area contributed by atoms with Gasteiger partial charge in [0.2, 0.25) is 5.13 Å². The fraction of sp³-hybridized carbons (Fsp3) is 0.143. The second-order valence-electron chi connectivity index (χ2n) is 6.37. The number of nitrogens with zero attached hydrogens (tertiary/aromatic N) is 3. The molecule has 0 radical (unpaired) electrons. The average molecular weight is 440 g/mol. The van der Waals surface area contributed by atoms with Crippen molar-refractivity contribution >= 4 is 45.7 Å². The van der Waals surface area contributed by atoms with Crippen LogP contribution in [0.4, 0.5) is 5.13 Å². The van der Waals surface area contributed by atoms with Gasteiger partial charge in [0.05, 0.1) is 18.7 Å². The van der Waals surface area contributed by atoms with Crippen LogP contribution in [0.3, 0.4) is 0 Å². The zero-order valence-electron chi connectivity index (χ0n) is 16.1. The molecule has 1 aliphatic heterocycles. The van der Waals surface area contributed by atoms with Gasteiger partial charge in [-0.15, -0.1) is 10.2 Å². The molecule has 0 spiro atoms. The molecule has 0 saturated carbocycles. The van der Waals surface area contributed by atoms with E-state index in [0.717, 1.165) is 0 Å². The molecule has 1 aliphatic rings. The highest BCUT2D eigenvalue weighted by Crippen LogP contribution is 2.44. The van der Waals surface area contributed by atoms with Gasteiger partial charge in [0.25, 0.3) is 5.78 Å². The number of aromatic nitrogens is 2. The molecular formula is C21H17N3O4S2. The Balaban J connectivity index is 1.94. The Morgan fingerprint density at radius 2 is 1.90 bits per heavy atom. The number of rotatable bonds is 5. The van der Waals surface area contributed by atoms with Crippen LogP contribution < -0.4 is 9.64 Å². The van der Waals surface area contributed by atoms with Crippen LogP contribution in [0.2, 0.25) is 0 Å². The molecule has 0 bridgehead atoms. The van der Waals surface area contributed by atoms with E-state index in [1.165, 1.54) is 35.1 Å². The van der Waals surface area contributed by atoms with Crippen LogP contribution in [-0.2, 0) is 9.59 Å². The summed E-state index contributed by atoms with van der Waals surface area (Å²) in [5, 5.41) is 19.4. The van der Waals surface area contributed by atoms with E-state index in [4.69, 9.17) is 4.74 Å². The van der Waals surface area contributed by atoms with Crippen molar-refractivity contribution in [1.82, 2.24) is 10.2 Å². The SMILES string of the molecule is COc1cccc([C@H]2/C(=C(\O)c3ccccc3)C(=O)C(=O)N2c2nnc(SC)s2)c1. The Bertz CT molecular complexity index is 1140. The van der Waals surface area contributed by atoms with Crippen molar-refractivity contribution in [1.29, 1.82) is 0 Å². The number of ether oxygens (including phenoxy) is 1. The van der Waals surface area contributed by atoms with Crippen molar-refractivity contribution in [2.75, 3.05) is 18.3 Å². The van der Waals surface area contributed by atoms with Crippen molar-refractivity contribution < 1.29 is 19.4 Å². The number of aliphatic hydroxyl groups is 1. The van der Waals surface area contributed by atoms with E-state index in [9.17, 15) is 14.7 Å². The largest absolute Gasteiger partial charge is 0.507 e. The third kappa shape index (κ3) is 3.46. The summed E-state index contributed by atoms with van der Waals surface area (Å²) in [6, 6.07) is 14.9. The van der Waals surface area contributed by atoms with E-state index in [0.29, 0.717) is 26.3 Å². The second kappa shape index (κ2) is 8.29. The summed E-state index contributed by atoms with van der Waals surface area (Å²) >= 11 is 2.61. The highest BCUT2D eigenvalue weighted by Gasteiger charge is 2.48. The molecule has 2 aromatic carbocycles. The van der Waals surface area contributed by atoms with E-state index in [1.807, 2.05) is 6.26 Å². The number of anilines is 1. The van der Waals surface area contributed by atoms with Gasteiger partial charge in [-0.1, -0.05) is 65.6 Å². The molecule has 1 saturated heterocycles. The molecule has 1 atom stereocenters. The van der Waals surface area contributed by atoms with Gasteiger partial charge in [-0.2, -0.15) is 0 Å². The number of hydrogen-bond acceptors (Lipinski definition) is 8. The molecule has 1 N–H and O–H groups in total. The van der Waals surface area contributed by atoms with Gasteiger partial charge in [0, 0.05) is 5.56 Å². The maximum absolute atomic E-state index is 13.0. The van der Waals surface area contributed by atoms with E-state index in [2.05, 4.69) is 10.2 Å². The Hall–Kier alpha value is -3.17. The first-order valence-corrected chi connectivity index (χ1v) is 11.0. The maximum atomic E-state index is 13.0. The summed E-state index contributed by atoms with van der Waals surface area (Å²) in [5.41, 5.74) is 1.07. The number of benzene rings is 2. The molecule has 9 heteroatoms. The van der Waals surface area contributed by atoms with Gasteiger partial charge in [0.1, 0.15) is 11.5 Å². The van der Waals surface area contributed by atoms with E-state index in [-0.39, 0.29) is 11.3 Å². The third-order valence-corrected chi connectivity index (χ3v) is 6.58. The highest BCUT2D eigenvalue weighted by molar-refractivity contribution is 8.00. The van der Waals surface area contributed by atoms with Crippen LogP contribution in [0, 0.1) is 0 Å². The zero-order valence-corrected chi connectivity index (χ0v) is 17.7. The van der Waals surface area contributed by atoms with Crippen molar-refractivity contribution in [2.24, 2.45) is 0 Å². The number of ketones is 1. The Morgan fingerprint density at radius 1 is 1.13 bits per heavy atom. The molecule has 0 unspecified atom stereocenters. The Kier molecular flexibility index (Phi) is 5.56. The standard InChI is InChI=1S/C21H17N3O4S2/c1-28-14-10-6-9-13(11-14)16-15(17(25)12-7-4-3-5-8-12)18(26)19(27)24(16)20-22-23-21(29-2)30-20/h3-11,16,25H,1-2H3/b17-15+/t16-/m0/s1. The van der Waals surface area contributed by atoms with Crippen molar-refractivity contribution in [3.05, 3.63) is 71.3 Å². The first-order chi connectivity index (χ1) is 14.5. The first kappa shape index (κ1) is 20.1. The van der Waals surface area contributed by atoms with E-state index in [1.54, 1.807) is 54.6 Å². The summed E-state index contributed by atoms with van der Waals surface area (Å²) in [4.78, 5) is 27.3. The molecule has 1 amide bonds. The van der Waals surface area contributed by atoms with Gasteiger partial charge < -0.3 is 9.84 Å². The zero-order chi connectivity index (χ0) is 21.3. The van der Waals surface area contributed by atoms with Crippen LogP contribution in [0.15, 0.2) is 64.5 Å². The molecule has 0 aliphatic carbocycles. The van der Waals surface area contributed by atoms with Crippen LogP contribution in [0.1, 0.15) is 17.2 Å². The predicted octanol–water partition coefficient (Wildman–Crippen LogP) is 3.89. The number of methoxy groups -OCH3 is 1. The van der Waals surface area contributed by atoms with Gasteiger partial charge in [-0.3, -0.25) is 14.5 Å². The van der Waals surface area contributed by atoms with E-state index < -0.39 is 17.7 Å². The molecule has 1 aromatic heterocycles. The number of hydrogen-bond donors (Lipinski definition) is 1. The molecule has 7 nitrogen and oxygen atoms in total. The molecule has 1 fully saturated rings. The number of amides is 1. The monoisotopic (exact) mass is 439 g/mol. The Morgan fingerprint density at radius 3 is 2.57 bits per heavy atom. The maximum Gasteiger partial charge on any atom is 0.301 e. The minimum atomic E-state index is -0.858. The number of carbonyl (C=O) groups is 2. The quantitative estimate of drug-likeness (QED) is 0.212. The lowest BCUT2D eigenvalue weighted by atomic mass is 9.95. The summed E-state index contributed by atoms with van der Waals surface area (Å²) in [5.74, 6) is -1.20. The topological polar surface area (TPSA) is 92.6 Å². The molecule has 4 rings (SSSR count). The van der Waals surface area contributed by atoms with Gasteiger partial charge in [-0.05, 0) is 24.0 Å². The number of aliphatic hydroxyl groups excluding tert-OH is 1. The summed E-state index contributed by atoms with van der Waals surface area (Å²) in [7, 11) is 1.54.